The molecule has 0 amide bonds. The van der Waals surface area contributed by atoms with Crippen LogP contribution in [0.3, 0.4) is 0 Å². The molecule has 0 saturated heterocycles. The fourth-order valence-corrected chi connectivity index (χ4v) is 3.22. The molecule has 1 fully saturated rings. The van der Waals surface area contributed by atoms with Crippen molar-refractivity contribution in [3.63, 3.8) is 0 Å². The molecule has 1 heterocycles. The van der Waals surface area contributed by atoms with Crippen molar-refractivity contribution < 1.29 is 0 Å². The molecule has 1 aromatic rings. The predicted molar refractivity (Wildman–Crippen MR) is 85.0 cm³/mol. The monoisotopic (exact) mass is 292 g/mol. The zero-order valence-corrected chi connectivity index (χ0v) is 13.8. The number of nitrogens with one attached hydrogen (secondary N) is 2. The van der Waals surface area contributed by atoms with E-state index in [1.807, 2.05) is 25.6 Å². The lowest BCUT2D eigenvalue weighted by Gasteiger charge is -2.32. The van der Waals surface area contributed by atoms with Gasteiger partial charge in [0.2, 0.25) is 0 Å². The Labute approximate surface area is 127 Å². The van der Waals surface area contributed by atoms with Crippen LogP contribution < -0.4 is 10.6 Å². The van der Waals surface area contributed by atoms with Crippen LogP contribution in [0.15, 0.2) is 4.99 Å². The molecule has 0 spiro atoms. The molecule has 0 aliphatic heterocycles. The van der Waals surface area contributed by atoms with E-state index >= 15 is 0 Å². The molecule has 0 radical (unpaired) electrons. The van der Waals surface area contributed by atoms with Crippen LogP contribution in [0.4, 0.5) is 0 Å². The third-order valence-electron chi connectivity index (χ3n) is 4.34. The highest BCUT2D eigenvalue weighted by Gasteiger charge is 2.24. The van der Waals surface area contributed by atoms with Crippen molar-refractivity contribution >= 4 is 5.96 Å². The van der Waals surface area contributed by atoms with Crippen LogP contribution in [0.25, 0.3) is 0 Å². The topological polar surface area (TPSA) is 67.1 Å². The van der Waals surface area contributed by atoms with Gasteiger partial charge in [0.15, 0.2) is 11.8 Å². The minimum Gasteiger partial charge on any atom is -0.354 e. The maximum absolute atomic E-state index is 4.32. The summed E-state index contributed by atoms with van der Waals surface area (Å²) in [4.78, 5) is 4.32. The highest BCUT2D eigenvalue weighted by atomic mass is 15.3. The molecule has 2 rings (SSSR count). The van der Waals surface area contributed by atoms with Gasteiger partial charge in [-0.25, -0.2) is 0 Å². The molecule has 6 nitrogen and oxygen atoms in total. The summed E-state index contributed by atoms with van der Waals surface area (Å²) in [7, 11) is 3.79. The van der Waals surface area contributed by atoms with Gasteiger partial charge < -0.3 is 15.2 Å². The van der Waals surface area contributed by atoms with Crippen LogP contribution in [0.2, 0.25) is 0 Å². The van der Waals surface area contributed by atoms with E-state index in [9.17, 15) is 0 Å². The summed E-state index contributed by atoms with van der Waals surface area (Å²) >= 11 is 0. The minimum atomic E-state index is 0.510. The first-order valence-electron chi connectivity index (χ1n) is 7.81. The van der Waals surface area contributed by atoms with Gasteiger partial charge in [0.25, 0.3) is 0 Å². The summed E-state index contributed by atoms with van der Waals surface area (Å²) in [5.41, 5.74) is 0. The van der Waals surface area contributed by atoms with Crippen LogP contribution in [0, 0.1) is 18.8 Å². The SMILES string of the molecule is CN=C(NCc1nnc(C)n1C)NC1CC(C)CC(C)C1. The summed E-state index contributed by atoms with van der Waals surface area (Å²) in [5.74, 6) is 4.25. The Morgan fingerprint density at radius 3 is 2.43 bits per heavy atom. The second kappa shape index (κ2) is 6.91. The van der Waals surface area contributed by atoms with E-state index in [0.29, 0.717) is 12.6 Å². The maximum atomic E-state index is 4.32. The fraction of sp³-hybridized carbons (Fsp3) is 0.800. The van der Waals surface area contributed by atoms with Gasteiger partial charge in [0, 0.05) is 20.1 Å². The van der Waals surface area contributed by atoms with E-state index in [4.69, 9.17) is 0 Å². The van der Waals surface area contributed by atoms with Crippen molar-refractivity contribution in [1.82, 2.24) is 25.4 Å². The van der Waals surface area contributed by atoms with Gasteiger partial charge in [0.05, 0.1) is 6.54 Å². The zero-order chi connectivity index (χ0) is 15.4. The third-order valence-corrected chi connectivity index (χ3v) is 4.34. The summed E-state index contributed by atoms with van der Waals surface area (Å²) in [6.07, 6.45) is 3.77. The number of rotatable bonds is 3. The van der Waals surface area contributed by atoms with Crippen molar-refractivity contribution in [3.05, 3.63) is 11.6 Å². The first-order chi connectivity index (χ1) is 9.99. The molecule has 1 aromatic heterocycles. The third kappa shape index (κ3) is 4.19. The molecule has 21 heavy (non-hydrogen) atoms. The molecule has 6 heteroatoms. The quantitative estimate of drug-likeness (QED) is 0.656. The molecule has 0 bridgehead atoms. The first kappa shape index (κ1) is 15.8. The van der Waals surface area contributed by atoms with Gasteiger partial charge >= 0.3 is 0 Å². The summed E-state index contributed by atoms with van der Waals surface area (Å²) in [6, 6.07) is 0.510. The average Bonchev–Trinajstić information content (AvgIpc) is 2.74. The van der Waals surface area contributed by atoms with E-state index in [0.717, 1.165) is 29.4 Å². The van der Waals surface area contributed by atoms with Gasteiger partial charge in [-0.15, -0.1) is 10.2 Å². The number of nitrogens with zero attached hydrogens (tertiary/aromatic N) is 4. The van der Waals surface area contributed by atoms with E-state index in [-0.39, 0.29) is 0 Å². The lowest BCUT2D eigenvalue weighted by atomic mass is 9.80. The summed E-state index contributed by atoms with van der Waals surface area (Å²) in [6.45, 7) is 7.26. The van der Waals surface area contributed by atoms with Crippen molar-refractivity contribution in [3.8, 4) is 0 Å². The van der Waals surface area contributed by atoms with Gasteiger partial charge in [-0.05, 0) is 38.0 Å². The molecular weight excluding hydrogens is 264 g/mol. The number of guanidine groups is 1. The maximum Gasteiger partial charge on any atom is 0.191 e. The summed E-state index contributed by atoms with van der Waals surface area (Å²) in [5, 5.41) is 15.1. The van der Waals surface area contributed by atoms with Crippen LogP contribution in [0.5, 0.6) is 0 Å². The van der Waals surface area contributed by atoms with E-state index < -0.39 is 0 Å². The van der Waals surface area contributed by atoms with Crippen molar-refractivity contribution in [2.24, 2.45) is 23.9 Å². The molecule has 2 unspecified atom stereocenters. The lowest BCUT2D eigenvalue weighted by Crippen LogP contribution is -2.46. The Morgan fingerprint density at radius 1 is 1.24 bits per heavy atom. The van der Waals surface area contributed by atoms with Gasteiger partial charge in [-0.2, -0.15) is 0 Å². The van der Waals surface area contributed by atoms with Crippen LogP contribution in [-0.4, -0.2) is 33.8 Å². The molecule has 1 saturated carbocycles. The Morgan fingerprint density at radius 2 is 1.90 bits per heavy atom. The Balaban J connectivity index is 1.87. The zero-order valence-electron chi connectivity index (χ0n) is 13.8. The lowest BCUT2D eigenvalue weighted by molar-refractivity contribution is 0.255. The standard InChI is InChI=1S/C15H28N6/c1-10-6-11(2)8-13(7-10)18-15(16-4)17-9-14-20-19-12(3)21(14)5/h10-11,13H,6-9H2,1-5H3,(H2,16,17,18). The minimum absolute atomic E-state index is 0.510. The predicted octanol–water partition coefficient (Wildman–Crippen LogP) is 1.61. The summed E-state index contributed by atoms with van der Waals surface area (Å²) < 4.78 is 1.99. The largest absolute Gasteiger partial charge is 0.354 e. The number of hydrogen-bond acceptors (Lipinski definition) is 3. The Hall–Kier alpha value is -1.59. The molecule has 1 aliphatic rings. The van der Waals surface area contributed by atoms with Gasteiger partial charge in [-0.3, -0.25) is 4.99 Å². The van der Waals surface area contributed by atoms with Crippen LogP contribution in [0.1, 0.15) is 44.8 Å². The average molecular weight is 292 g/mol. The second-order valence-electron chi connectivity index (χ2n) is 6.41. The number of aryl methyl sites for hydroxylation is 1. The second-order valence-corrected chi connectivity index (χ2v) is 6.41. The van der Waals surface area contributed by atoms with E-state index in [1.54, 1.807) is 0 Å². The van der Waals surface area contributed by atoms with Gasteiger partial charge in [0.1, 0.15) is 5.82 Å². The fourth-order valence-electron chi connectivity index (χ4n) is 3.22. The van der Waals surface area contributed by atoms with Crippen molar-refractivity contribution in [2.45, 2.75) is 52.6 Å². The molecule has 2 atom stereocenters. The normalized spacial score (nSPS) is 26.7. The molecule has 118 valence electrons. The van der Waals surface area contributed by atoms with Gasteiger partial charge in [-0.1, -0.05) is 13.8 Å². The molecule has 0 aromatic carbocycles. The highest BCUT2D eigenvalue weighted by Crippen LogP contribution is 2.28. The van der Waals surface area contributed by atoms with Crippen LogP contribution >= 0.6 is 0 Å². The molecular formula is C15H28N6. The Bertz CT molecular complexity index is 482. The first-order valence-corrected chi connectivity index (χ1v) is 7.81. The van der Waals surface area contributed by atoms with E-state index in [2.05, 4.69) is 39.7 Å². The van der Waals surface area contributed by atoms with E-state index in [1.165, 1.54) is 19.3 Å². The number of aliphatic imine (C=N–C) groups is 1. The smallest absolute Gasteiger partial charge is 0.191 e. The van der Waals surface area contributed by atoms with Crippen molar-refractivity contribution in [1.29, 1.82) is 0 Å². The molecule has 1 aliphatic carbocycles. The Kier molecular flexibility index (Phi) is 5.20. The number of aromatic nitrogens is 3. The highest BCUT2D eigenvalue weighted by molar-refractivity contribution is 5.79. The number of hydrogen-bond donors (Lipinski definition) is 2. The van der Waals surface area contributed by atoms with Crippen molar-refractivity contribution in [2.75, 3.05) is 7.05 Å². The van der Waals surface area contributed by atoms with Crippen LogP contribution in [-0.2, 0) is 13.6 Å². The molecule has 2 N–H and O–H groups in total.